The van der Waals surface area contributed by atoms with E-state index in [2.05, 4.69) is 0 Å². The molecule has 0 radical (unpaired) electrons. The Morgan fingerprint density at radius 1 is 1.03 bits per heavy atom. The Balaban J connectivity index is 1.55. The van der Waals surface area contributed by atoms with Crippen molar-refractivity contribution in [1.29, 1.82) is 0 Å². The highest BCUT2D eigenvalue weighted by atomic mass is 35.5. The van der Waals surface area contributed by atoms with Gasteiger partial charge in [-0.2, -0.15) is 13.2 Å². The molecular formula is C22H13Cl2F3N2O4S. The van der Waals surface area contributed by atoms with Gasteiger partial charge in [-0.1, -0.05) is 41.0 Å². The number of pyridine rings is 1. The molecule has 3 heterocycles. The van der Waals surface area contributed by atoms with E-state index in [4.69, 9.17) is 32.7 Å². The van der Waals surface area contributed by atoms with Crippen molar-refractivity contribution in [2.45, 2.75) is 29.1 Å². The van der Waals surface area contributed by atoms with Crippen molar-refractivity contribution >= 4 is 40.9 Å². The number of rotatable bonds is 3. The van der Waals surface area contributed by atoms with Crippen LogP contribution in [0.15, 0.2) is 51.0 Å². The van der Waals surface area contributed by atoms with Gasteiger partial charge in [0.05, 0.1) is 10.0 Å². The maximum atomic E-state index is 13.4. The van der Waals surface area contributed by atoms with Crippen LogP contribution in [0.4, 0.5) is 13.2 Å². The molecule has 0 atom stereocenters. The summed E-state index contributed by atoms with van der Waals surface area (Å²) in [4.78, 5) is 29.4. The zero-order valence-electron chi connectivity index (χ0n) is 17.0. The van der Waals surface area contributed by atoms with Crippen LogP contribution in [0.2, 0.25) is 10.0 Å². The fourth-order valence-corrected chi connectivity index (χ4v) is 5.39. The molecule has 2 aromatic carbocycles. The summed E-state index contributed by atoms with van der Waals surface area (Å²) in [5.41, 5.74) is -1.28. The summed E-state index contributed by atoms with van der Waals surface area (Å²) < 4.78 is 51.0. The number of hydrogen-bond acceptors (Lipinski definition) is 5. The van der Waals surface area contributed by atoms with E-state index in [-0.39, 0.29) is 39.7 Å². The average molecular weight is 529 g/mol. The maximum Gasteiger partial charge on any atom is 0.431 e. The van der Waals surface area contributed by atoms with E-state index in [9.17, 15) is 22.8 Å². The zero-order chi connectivity index (χ0) is 24.2. The Bertz CT molecular complexity index is 1340. The highest BCUT2D eigenvalue weighted by molar-refractivity contribution is 7.99. The fraction of sp³-hybridized carbons (Fsp3) is 0.182. The highest BCUT2D eigenvalue weighted by Crippen LogP contribution is 2.42. The number of hydrogen-bond donors (Lipinski definition) is 1. The first-order chi connectivity index (χ1) is 16.1. The van der Waals surface area contributed by atoms with Gasteiger partial charge in [-0.3, -0.25) is 9.59 Å². The van der Waals surface area contributed by atoms with Crippen molar-refractivity contribution in [2.24, 2.45) is 0 Å². The average Bonchev–Trinajstić information content (AvgIpc) is 3.39. The van der Waals surface area contributed by atoms with E-state index < -0.39 is 28.9 Å². The molecule has 176 valence electrons. The van der Waals surface area contributed by atoms with Gasteiger partial charge in [0.1, 0.15) is 11.3 Å². The lowest BCUT2D eigenvalue weighted by Gasteiger charge is -2.18. The molecule has 2 aliphatic rings. The molecule has 1 aromatic heterocycles. The molecule has 0 fully saturated rings. The van der Waals surface area contributed by atoms with E-state index in [1.807, 2.05) is 0 Å². The number of amides is 1. The molecule has 1 N–H and O–H groups in total. The van der Waals surface area contributed by atoms with Crippen LogP contribution in [0.3, 0.4) is 0 Å². The Morgan fingerprint density at radius 3 is 2.18 bits per heavy atom. The Morgan fingerprint density at radius 2 is 1.62 bits per heavy atom. The van der Waals surface area contributed by atoms with Crippen molar-refractivity contribution in [3.05, 3.63) is 79.2 Å². The summed E-state index contributed by atoms with van der Waals surface area (Å²) >= 11 is 13.1. The molecule has 0 unspecified atom stereocenters. The normalized spacial score (nSPS) is 14.4. The van der Waals surface area contributed by atoms with Gasteiger partial charge in [-0.05, 0) is 41.5 Å². The van der Waals surface area contributed by atoms with Crippen molar-refractivity contribution in [1.82, 2.24) is 9.88 Å². The van der Waals surface area contributed by atoms with E-state index in [0.29, 0.717) is 11.5 Å². The Labute approximate surface area is 204 Å². The Kier molecular flexibility index (Phi) is 5.70. The molecule has 3 aromatic rings. The van der Waals surface area contributed by atoms with Gasteiger partial charge in [-0.25, -0.2) is 0 Å². The predicted molar refractivity (Wildman–Crippen MR) is 119 cm³/mol. The number of benzene rings is 2. The van der Waals surface area contributed by atoms with Gasteiger partial charge in [0.25, 0.3) is 11.5 Å². The second-order valence-electron chi connectivity index (χ2n) is 7.54. The molecule has 0 bridgehead atoms. The zero-order valence-corrected chi connectivity index (χ0v) is 19.3. The first kappa shape index (κ1) is 22.9. The van der Waals surface area contributed by atoms with Crippen LogP contribution < -0.4 is 15.0 Å². The van der Waals surface area contributed by atoms with Crippen LogP contribution in [0.25, 0.3) is 0 Å². The summed E-state index contributed by atoms with van der Waals surface area (Å²) in [5, 5.41) is 0.348. The van der Waals surface area contributed by atoms with Gasteiger partial charge in [0.15, 0.2) is 11.5 Å². The SMILES string of the molecule is O=C(c1c(Sc2c(Cl)cccc2Cl)cc(C(F)(F)F)[nH]c1=O)N1Cc2cc3c(cc2C1)OCO3. The van der Waals surface area contributed by atoms with Gasteiger partial charge >= 0.3 is 6.18 Å². The molecule has 0 saturated carbocycles. The van der Waals surface area contributed by atoms with Crippen LogP contribution in [0.5, 0.6) is 11.5 Å². The number of carbonyl (C=O) groups excluding carboxylic acids is 1. The van der Waals surface area contributed by atoms with Crippen LogP contribution in [-0.2, 0) is 19.3 Å². The second-order valence-corrected chi connectivity index (χ2v) is 9.40. The molecular weight excluding hydrogens is 516 g/mol. The number of alkyl halides is 3. The quantitative estimate of drug-likeness (QED) is 0.469. The topological polar surface area (TPSA) is 71.6 Å². The minimum Gasteiger partial charge on any atom is -0.454 e. The van der Waals surface area contributed by atoms with Gasteiger partial charge in [0.2, 0.25) is 6.79 Å². The molecule has 12 heteroatoms. The summed E-state index contributed by atoms with van der Waals surface area (Å²) in [5.74, 6) is 0.369. The molecule has 2 aliphatic heterocycles. The lowest BCUT2D eigenvalue weighted by atomic mass is 10.1. The summed E-state index contributed by atoms with van der Waals surface area (Å²) in [6, 6.07) is 8.82. The van der Waals surface area contributed by atoms with Crippen LogP contribution >= 0.6 is 35.0 Å². The number of carbonyl (C=O) groups is 1. The van der Waals surface area contributed by atoms with Gasteiger partial charge < -0.3 is 19.4 Å². The smallest absolute Gasteiger partial charge is 0.431 e. The minimum atomic E-state index is -4.83. The molecule has 0 aliphatic carbocycles. The third-order valence-electron chi connectivity index (χ3n) is 5.35. The molecule has 34 heavy (non-hydrogen) atoms. The predicted octanol–water partition coefficient (Wildman–Crippen LogP) is 5.74. The van der Waals surface area contributed by atoms with Gasteiger partial charge in [-0.15, -0.1) is 0 Å². The standard InChI is InChI=1S/C22H13Cl2F3N2O4S/c23-12-2-1-3-13(24)19(12)34-16-6-17(22(25,26)27)28-20(30)18(16)21(31)29-7-10-4-14-15(33-9-32-14)5-11(10)8-29/h1-6H,7-9H2,(H,28,30). The summed E-state index contributed by atoms with van der Waals surface area (Å²) in [6.07, 6.45) is -4.83. The minimum absolute atomic E-state index is 0.104. The van der Waals surface area contributed by atoms with Crippen molar-refractivity contribution in [2.75, 3.05) is 6.79 Å². The lowest BCUT2D eigenvalue weighted by molar-refractivity contribution is -0.141. The number of aromatic nitrogens is 1. The Hall–Kier alpha value is -2.82. The second kappa shape index (κ2) is 8.44. The summed E-state index contributed by atoms with van der Waals surface area (Å²) in [6.45, 7) is 0.414. The van der Waals surface area contributed by atoms with E-state index in [1.165, 1.54) is 17.0 Å². The van der Waals surface area contributed by atoms with Crippen molar-refractivity contribution < 1.29 is 27.4 Å². The molecule has 1 amide bonds. The number of nitrogens with one attached hydrogen (secondary N) is 1. The first-order valence-electron chi connectivity index (χ1n) is 9.79. The van der Waals surface area contributed by atoms with E-state index in [1.54, 1.807) is 23.2 Å². The maximum absolute atomic E-state index is 13.4. The summed E-state index contributed by atoms with van der Waals surface area (Å²) in [7, 11) is 0. The van der Waals surface area contributed by atoms with Crippen LogP contribution in [-0.4, -0.2) is 22.6 Å². The number of H-pyrrole nitrogens is 1. The van der Waals surface area contributed by atoms with Crippen LogP contribution in [0.1, 0.15) is 27.2 Å². The third kappa shape index (κ3) is 4.10. The largest absolute Gasteiger partial charge is 0.454 e. The first-order valence-corrected chi connectivity index (χ1v) is 11.4. The number of ether oxygens (including phenoxy) is 2. The van der Waals surface area contributed by atoms with E-state index >= 15 is 0 Å². The molecule has 0 saturated heterocycles. The number of halogens is 5. The highest BCUT2D eigenvalue weighted by Gasteiger charge is 2.36. The number of aromatic amines is 1. The molecule has 0 spiro atoms. The van der Waals surface area contributed by atoms with Gasteiger partial charge in [0, 0.05) is 22.9 Å². The van der Waals surface area contributed by atoms with Crippen molar-refractivity contribution in [3.8, 4) is 11.5 Å². The molecule has 5 rings (SSSR count). The number of nitrogens with zero attached hydrogens (tertiary/aromatic N) is 1. The third-order valence-corrected chi connectivity index (χ3v) is 7.39. The van der Waals surface area contributed by atoms with Crippen molar-refractivity contribution in [3.63, 3.8) is 0 Å². The number of fused-ring (bicyclic) bond motifs is 2. The van der Waals surface area contributed by atoms with Crippen LogP contribution in [0, 0.1) is 0 Å². The lowest BCUT2D eigenvalue weighted by Crippen LogP contribution is -2.32. The monoisotopic (exact) mass is 528 g/mol. The molecule has 6 nitrogen and oxygen atoms in total. The van der Waals surface area contributed by atoms with E-state index in [0.717, 1.165) is 29.0 Å². The fourth-order valence-electron chi connectivity index (χ4n) is 3.75.